The van der Waals surface area contributed by atoms with Crippen molar-refractivity contribution in [2.24, 2.45) is 7.05 Å². The highest BCUT2D eigenvalue weighted by Gasteiger charge is 2.34. The van der Waals surface area contributed by atoms with E-state index in [0.717, 1.165) is 16.7 Å². The number of fused-ring (bicyclic) bond motifs is 4. The van der Waals surface area contributed by atoms with E-state index < -0.39 is 0 Å². The molecule has 1 aliphatic carbocycles. The predicted octanol–water partition coefficient (Wildman–Crippen LogP) is 3.35. The van der Waals surface area contributed by atoms with Gasteiger partial charge in [-0.1, -0.05) is 24.3 Å². The molecule has 1 aliphatic rings. The molecule has 1 aromatic heterocycles. The van der Waals surface area contributed by atoms with Gasteiger partial charge in [0.1, 0.15) is 11.4 Å². The third kappa shape index (κ3) is 1.78. The van der Waals surface area contributed by atoms with Crippen LogP contribution in [-0.2, 0) is 7.05 Å². The second-order valence-corrected chi connectivity index (χ2v) is 5.60. The monoisotopic (exact) mass is 305 g/mol. The molecule has 0 atom stereocenters. The van der Waals surface area contributed by atoms with Crippen LogP contribution < -0.4 is 4.74 Å². The number of ketones is 2. The summed E-state index contributed by atoms with van der Waals surface area (Å²) in [5.74, 6) is 0.534. The molecule has 0 bridgehead atoms. The molecule has 0 spiro atoms. The Morgan fingerprint density at radius 3 is 2.39 bits per heavy atom. The third-order valence-electron chi connectivity index (χ3n) is 4.34. The van der Waals surface area contributed by atoms with E-state index in [2.05, 4.69) is 0 Å². The zero-order chi connectivity index (χ0) is 16.1. The number of carbonyl (C=O) groups excluding carboxylic acids is 2. The summed E-state index contributed by atoms with van der Waals surface area (Å²) in [6.45, 7) is 2.49. The molecule has 0 saturated carbocycles. The van der Waals surface area contributed by atoms with Crippen LogP contribution in [0.4, 0.5) is 0 Å². The van der Waals surface area contributed by atoms with Crippen LogP contribution in [0.5, 0.6) is 5.75 Å². The molecule has 3 aromatic rings. The topological polar surface area (TPSA) is 48.3 Å². The van der Waals surface area contributed by atoms with Gasteiger partial charge in [-0.05, 0) is 19.1 Å². The molecule has 2 aromatic carbocycles. The molecule has 4 heteroatoms. The molecular formula is C19H15NO3. The first kappa shape index (κ1) is 13.8. The van der Waals surface area contributed by atoms with Crippen molar-refractivity contribution in [3.63, 3.8) is 0 Å². The van der Waals surface area contributed by atoms with Crippen LogP contribution in [0.2, 0.25) is 0 Å². The highest BCUT2D eigenvalue weighted by atomic mass is 16.5. The number of carbonyl (C=O) groups is 2. The van der Waals surface area contributed by atoms with Crippen molar-refractivity contribution >= 4 is 22.5 Å². The Morgan fingerprint density at radius 2 is 1.70 bits per heavy atom. The van der Waals surface area contributed by atoms with Crippen molar-refractivity contribution in [2.75, 3.05) is 6.61 Å². The molecule has 1 heterocycles. The number of rotatable bonds is 2. The fraction of sp³-hybridized carbons (Fsp3) is 0.158. The lowest BCUT2D eigenvalue weighted by atomic mass is 9.87. The lowest BCUT2D eigenvalue weighted by Gasteiger charge is -2.15. The summed E-state index contributed by atoms with van der Waals surface area (Å²) in [7, 11) is 1.82. The van der Waals surface area contributed by atoms with Crippen LogP contribution in [0.15, 0.2) is 42.5 Å². The first-order chi connectivity index (χ1) is 11.1. The van der Waals surface area contributed by atoms with Crippen LogP contribution in [0, 0.1) is 0 Å². The van der Waals surface area contributed by atoms with Crippen LogP contribution in [-0.4, -0.2) is 22.7 Å². The predicted molar refractivity (Wildman–Crippen MR) is 87.4 cm³/mol. The molecule has 0 aliphatic heterocycles. The summed E-state index contributed by atoms with van der Waals surface area (Å²) < 4.78 is 7.33. The van der Waals surface area contributed by atoms with Crippen LogP contribution in [0.25, 0.3) is 10.9 Å². The zero-order valence-corrected chi connectivity index (χ0v) is 12.9. The van der Waals surface area contributed by atoms with E-state index in [1.54, 1.807) is 28.8 Å². The minimum absolute atomic E-state index is 0.0926. The van der Waals surface area contributed by atoms with Gasteiger partial charge in [-0.15, -0.1) is 0 Å². The van der Waals surface area contributed by atoms with E-state index in [1.807, 2.05) is 32.2 Å². The number of hydrogen-bond acceptors (Lipinski definition) is 3. The molecule has 0 unspecified atom stereocenters. The second kappa shape index (κ2) is 4.81. The standard InChI is InChI=1S/C19H15NO3/c1-3-23-11-8-9-14-15(10-11)20(2)17-16(14)18(21)12-6-4-5-7-13(12)19(17)22/h4-10H,3H2,1-2H3. The van der Waals surface area contributed by atoms with E-state index in [4.69, 9.17) is 4.74 Å². The van der Waals surface area contributed by atoms with Crippen molar-refractivity contribution in [3.8, 4) is 5.75 Å². The molecule has 0 radical (unpaired) electrons. The number of benzene rings is 2. The second-order valence-electron chi connectivity index (χ2n) is 5.60. The maximum absolute atomic E-state index is 12.9. The van der Waals surface area contributed by atoms with Crippen molar-refractivity contribution in [3.05, 3.63) is 64.8 Å². The average Bonchev–Trinajstić information content (AvgIpc) is 2.86. The van der Waals surface area contributed by atoms with E-state index in [1.165, 1.54) is 0 Å². The minimum Gasteiger partial charge on any atom is -0.494 e. The Balaban J connectivity index is 2.04. The molecule has 4 nitrogen and oxygen atoms in total. The molecule has 0 saturated heterocycles. The van der Waals surface area contributed by atoms with E-state index in [9.17, 15) is 9.59 Å². The summed E-state index contributed by atoms with van der Waals surface area (Å²) >= 11 is 0. The van der Waals surface area contributed by atoms with Gasteiger partial charge in [0.2, 0.25) is 5.78 Å². The lowest BCUT2D eigenvalue weighted by Crippen LogP contribution is -2.22. The molecule has 0 N–H and O–H groups in total. The third-order valence-corrected chi connectivity index (χ3v) is 4.34. The Kier molecular flexibility index (Phi) is 2.88. The zero-order valence-electron chi connectivity index (χ0n) is 12.9. The summed E-state index contributed by atoms with van der Waals surface area (Å²) in [5, 5.41) is 0.791. The number of aryl methyl sites for hydroxylation is 1. The van der Waals surface area contributed by atoms with Gasteiger partial charge in [0.25, 0.3) is 0 Å². The fourth-order valence-electron chi connectivity index (χ4n) is 3.31. The molecular weight excluding hydrogens is 290 g/mol. The maximum Gasteiger partial charge on any atom is 0.210 e. The summed E-state index contributed by atoms with van der Waals surface area (Å²) in [6, 6.07) is 12.6. The number of nitrogens with zero attached hydrogens (tertiary/aromatic N) is 1. The number of hydrogen-bond donors (Lipinski definition) is 0. The Hall–Kier alpha value is -2.88. The first-order valence-corrected chi connectivity index (χ1v) is 7.57. The minimum atomic E-state index is -0.105. The van der Waals surface area contributed by atoms with Gasteiger partial charge in [0.05, 0.1) is 17.7 Å². The Labute approximate surface area is 133 Å². The SMILES string of the molecule is CCOc1ccc2c3c(n(C)c2c1)C(=O)c1ccccc1C3=O. The number of aromatic nitrogens is 1. The average molecular weight is 305 g/mol. The smallest absolute Gasteiger partial charge is 0.210 e. The van der Waals surface area contributed by atoms with Gasteiger partial charge in [0, 0.05) is 29.6 Å². The van der Waals surface area contributed by atoms with Crippen molar-refractivity contribution in [2.45, 2.75) is 6.92 Å². The van der Waals surface area contributed by atoms with Gasteiger partial charge < -0.3 is 9.30 Å². The van der Waals surface area contributed by atoms with Crippen LogP contribution in [0.1, 0.15) is 38.9 Å². The maximum atomic E-state index is 12.9. The number of ether oxygens (including phenoxy) is 1. The van der Waals surface area contributed by atoms with Crippen molar-refractivity contribution in [1.29, 1.82) is 0 Å². The van der Waals surface area contributed by atoms with E-state index in [0.29, 0.717) is 29.0 Å². The summed E-state index contributed by atoms with van der Waals surface area (Å²) in [4.78, 5) is 25.7. The van der Waals surface area contributed by atoms with E-state index in [-0.39, 0.29) is 11.6 Å². The van der Waals surface area contributed by atoms with Gasteiger partial charge in [-0.25, -0.2) is 0 Å². The molecule has 4 rings (SSSR count). The van der Waals surface area contributed by atoms with Gasteiger partial charge >= 0.3 is 0 Å². The van der Waals surface area contributed by atoms with E-state index >= 15 is 0 Å². The molecule has 0 fully saturated rings. The quantitative estimate of drug-likeness (QED) is 0.570. The summed E-state index contributed by atoms with van der Waals surface area (Å²) in [5.41, 5.74) is 2.73. The molecule has 23 heavy (non-hydrogen) atoms. The van der Waals surface area contributed by atoms with Gasteiger partial charge in [-0.2, -0.15) is 0 Å². The normalized spacial score (nSPS) is 13.1. The van der Waals surface area contributed by atoms with Crippen LogP contribution >= 0.6 is 0 Å². The van der Waals surface area contributed by atoms with Crippen molar-refractivity contribution < 1.29 is 14.3 Å². The van der Waals surface area contributed by atoms with Gasteiger partial charge in [-0.3, -0.25) is 9.59 Å². The largest absolute Gasteiger partial charge is 0.494 e. The highest BCUT2D eigenvalue weighted by Crippen LogP contribution is 2.35. The fourth-order valence-corrected chi connectivity index (χ4v) is 3.31. The summed E-state index contributed by atoms with van der Waals surface area (Å²) in [6.07, 6.45) is 0. The Morgan fingerprint density at radius 1 is 1.00 bits per heavy atom. The Bertz CT molecular complexity index is 982. The highest BCUT2D eigenvalue weighted by molar-refractivity contribution is 6.32. The molecule has 0 amide bonds. The van der Waals surface area contributed by atoms with Gasteiger partial charge in [0.15, 0.2) is 5.78 Å². The van der Waals surface area contributed by atoms with Crippen LogP contribution in [0.3, 0.4) is 0 Å². The first-order valence-electron chi connectivity index (χ1n) is 7.57. The lowest BCUT2D eigenvalue weighted by molar-refractivity contribution is 0.0975. The van der Waals surface area contributed by atoms with Crippen molar-refractivity contribution in [1.82, 2.24) is 4.57 Å². The molecule has 114 valence electrons.